The first-order chi connectivity index (χ1) is 26.7. The van der Waals surface area contributed by atoms with E-state index in [0.717, 1.165) is 0 Å². The molecule has 2 aliphatic rings. The van der Waals surface area contributed by atoms with Gasteiger partial charge in [-0.3, -0.25) is 20.2 Å². The number of benzene rings is 2. The molecule has 2 aliphatic heterocycles. The van der Waals surface area contributed by atoms with Gasteiger partial charge in [0.2, 0.25) is 0 Å². The molecule has 2 unspecified atom stereocenters. The van der Waals surface area contributed by atoms with E-state index >= 15 is 0 Å². The van der Waals surface area contributed by atoms with Crippen LogP contribution in [0, 0.1) is 20.2 Å². The number of rotatable bonds is 17. The number of nitro benzene ring substituents is 2. The Morgan fingerprint density at radius 2 is 0.804 bits per heavy atom. The average molecular weight is 775 g/mol. The standard InChI is InChI=1S/C40H46N4O12/c1-7-53-37(45)31-23(3)41-25(5)33(35(31)27-13-17-29(18-14-27)43(49)50)39(47)55-21-11-9-10-12-22-56-40(48)34-26(6)42-24(4)32(38(46)54-8-2)36(34)28-15-19-30(20-16-28)44(51)52/h13-20,35-36,41-42H,7-12,21-22H2,1-6H3. The molecule has 2 atom stereocenters. The van der Waals surface area contributed by atoms with E-state index in [9.17, 15) is 39.4 Å². The van der Waals surface area contributed by atoms with Gasteiger partial charge in [-0.25, -0.2) is 19.2 Å². The molecular weight excluding hydrogens is 728 g/mol. The van der Waals surface area contributed by atoms with Crippen LogP contribution in [0.1, 0.15) is 90.2 Å². The van der Waals surface area contributed by atoms with Crippen LogP contribution in [0.25, 0.3) is 0 Å². The molecule has 0 spiro atoms. The molecule has 4 rings (SSSR count). The van der Waals surface area contributed by atoms with Crippen molar-refractivity contribution in [2.24, 2.45) is 0 Å². The van der Waals surface area contributed by atoms with Gasteiger partial charge in [0.15, 0.2) is 0 Å². The summed E-state index contributed by atoms with van der Waals surface area (Å²) in [6.07, 6.45) is 2.24. The maximum absolute atomic E-state index is 13.6. The highest BCUT2D eigenvalue weighted by molar-refractivity contribution is 6.01. The largest absolute Gasteiger partial charge is 0.463 e. The number of carbonyl (C=O) groups is 4. The molecule has 16 heteroatoms. The Balaban J connectivity index is 1.36. The number of hydrogen-bond donors (Lipinski definition) is 2. The van der Waals surface area contributed by atoms with E-state index < -0.39 is 45.6 Å². The van der Waals surface area contributed by atoms with Gasteiger partial charge >= 0.3 is 23.9 Å². The van der Waals surface area contributed by atoms with Crippen LogP contribution in [0.5, 0.6) is 0 Å². The van der Waals surface area contributed by atoms with Crippen LogP contribution in [0.4, 0.5) is 11.4 Å². The van der Waals surface area contributed by atoms with Crippen LogP contribution in [-0.2, 0) is 38.1 Å². The predicted octanol–water partition coefficient (Wildman–Crippen LogP) is 6.45. The third kappa shape index (κ3) is 9.85. The molecule has 2 heterocycles. The summed E-state index contributed by atoms with van der Waals surface area (Å²) in [5.74, 6) is -4.33. The minimum atomic E-state index is -0.885. The van der Waals surface area contributed by atoms with Crippen LogP contribution in [0.15, 0.2) is 93.6 Å². The summed E-state index contributed by atoms with van der Waals surface area (Å²) < 4.78 is 21.9. The first-order valence-corrected chi connectivity index (χ1v) is 18.3. The summed E-state index contributed by atoms with van der Waals surface area (Å²) >= 11 is 0. The molecule has 16 nitrogen and oxygen atoms in total. The lowest BCUT2D eigenvalue weighted by atomic mass is 9.80. The Morgan fingerprint density at radius 3 is 1.07 bits per heavy atom. The zero-order chi connectivity index (χ0) is 41.1. The summed E-state index contributed by atoms with van der Waals surface area (Å²) in [4.78, 5) is 74.8. The normalized spacial score (nSPS) is 16.8. The van der Waals surface area contributed by atoms with Crippen LogP contribution in [0.2, 0.25) is 0 Å². The minimum Gasteiger partial charge on any atom is -0.463 e. The van der Waals surface area contributed by atoms with E-state index in [-0.39, 0.29) is 60.1 Å². The zero-order valence-electron chi connectivity index (χ0n) is 32.2. The lowest BCUT2D eigenvalue weighted by molar-refractivity contribution is -0.385. The molecule has 0 amide bonds. The second-order valence-electron chi connectivity index (χ2n) is 13.1. The number of allylic oxidation sites excluding steroid dienone is 4. The van der Waals surface area contributed by atoms with E-state index in [1.807, 2.05) is 0 Å². The lowest BCUT2D eigenvalue weighted by Crippen LogP contribution is -2.32. The number of unbranched alkanes of at least 4 members (excludes halogenated alkanes) is 3. The number of nitro groups is 2. The molecule has 2 N–H and O–H groups in total. The number of esters is 4. The van der Waals surface area contributed by atoms with Crippen molar-refractivity contribution in [1.82, 2.24) is 10.6 Å². The van der Waals surface area contributed by atoms with Gasteiger partial charge in [-0.2, -0.15) is 0 Å². The Bertz CT molecular complexity index is 1850. The van der Waals surface area contributed by atoms with E-state index in [1.54, 1.807) is 41.5 Å². The van der Waals surface area contributed by atoms with Gasteiger partial charge in [-0.05, 0) is 78.4 Å². The number of non-ortho nitro benzene ring substituents is 2. The van der Waals surface area contributed by atoms with Gasteiger partial charge in [0.25, 0.3) is 11.4 Å². The van der Waals surface area contributed by atoms with Crippen molar-refractivity contribution in [2.75, 3.05) is 26.4 Å². The molecule has 0 aliphatic carbocycles. The maximum atomic E-state index is 13.6. The fourth-order valence-corrected chi connectivity index (χ4v) is 6.77. The Hall–Kier alpha value is -6.32. The maximum Gasteiger partial charge on any atom is 0.336 e. The van der Waals surface area contributed by atoms with Gasteiger partial charge in [0.1, 0.15) is 0 Å². The zero-order valence-corrected chi connectivity index (χ0v) is 32.2. The van der Waals surface area contributed by atoms with E-state index in [1.165, 1.54) is 48.5 Å². The molecule has 0 bridgehead atoms. The van der Waals surface area contributed by atoms with Crippen LogP contribution < -0.4 is 10.6 Å². The van der Waals surface area contributed by atoms with Crippen molar-refractivity contribution >= 4 is 35.3 Å². The fourth-order valence-electron chi connectivity index (χ4n) is 6.77. The number of carbonyl (C=O) groups excluding carboxylic acids is 4. The number of dihydropyridines is 2. The molecule has 298 valence electrons. The second kappa shape index (κ2) is 19.3. The van der Waals surface area contributed by atoms with Crippen molar-refractivity contribution < 1.29 is 48.0 Å². The van der Waals surface area contributed by atoms with E-state index in [2.05, 4.69) is 10.6 Å². The molecular formula is C40H46N4O12. The Morgan fingerprint density at radius 1 is 0.518 bits per heavy atom. The lowest BCUT2D eigenvalue weighted by Gasteiger charge is -2.30. The second-order valence-corrected chi connectivity index (χ2v) is 13.1. The Labute approximate surface area is 323 Å². The van der Waals surface area contributed by atoms with Gasteiger partial charge in [-0.1, -0.05) is 24.3 Å². The third-order valence-corrected chi connectivity index (χ3v) is 9.33. The highest BCUT2D eigenvalue weighted by Gasteiger charge is 2.39. The van der Waals surface area contributed by atoms with Gasteiger partial charge in [-0.15, -0.1) is 0 Å². The topological polar surface area (TPSA) is 216 Å². The SMILES string of the molecule is CCOC(=O)C1=C(C)NC(C)=C(C(=O)OCCCCCCOC(=O)C2=C(C)NC(C)=C(C(=O)OCC)C2c2ccc([N+](=O)[O-])cc2)C1c1ccc([N+](=O)[O-])cc1. The van der Waals surface area contributed by atoms with E-state index in [4.69, 9.17) is 18.9 Å². The fraction of sp³-hybridized carbons (Fsp3) is 0.400. The monoisotopic (exact) mass is 774 g/mol. The van der Waals surface area contributed by atoms with E-state index in [0.29, 0.717) is 59.6 Å². The first kappa shape index (κ1) is 42.4. The predicted molar refractivity (Wildman–Crippen MR) is 202 cm³/mol. The molecule has 2 aromatic carbocycles. The smallest absolute Gasteiger partial charge is 0.336 e. The molecule has 2 aromatic rings. The Kier molecular flexibility index (Phi) is 14.6. The first-order valence-electron chi connectivity index (χ1n) is 18.3. The number of hydrogen-bond acceptors (Lipinski definition) is 14. The molecule has 0 radical (unpaired) electrons. The number of nitrogens with one attached hydrogen (secondary N) is 2. The third-order valence-electron chi connectivity index (χ3n) is 9.33. The van der Waals surface area contributed by atoms with Crippen LogP contribution in [0.3, 0.4) is 0 Å². The summed E-state index contributed by atoms with van der Waals surface area (Å²) in [7, 11) is 0. The highest BCUT2D eigenvalue weighted by atomic mass is 16.6. The van der Waals surface area contributed by atoms with Crippen molar-refractivity contribution in [3.8, 4) is 0 Å². The number of ether oxygens (including phenoxy) is 4. The molecule has 0 fully saturated rings. The van der Waals surface area contributed by atoms with Crippen molar-refractivity contribution in [2.45, 2.75) is 79.1 Å². The summed E-state index contributed by atoms with van der Waals surface area (Å²) in [5.41, 5.74) is 3.38. The van der Waals surface area contributed by atoms with Crippen molar-refractivity contribution in [3.05, 3.63) is 125 Å². The quantitative estimate of drug-likeness (QED) is 0.0581. The van der Waals surface area contributed by atoms with Crippen LogP contribution in [-0.4, -0.2) is 60.2 Å². The summed E-state index contributed by atoms with van der Waals surface area (Å²) in [6, 6.07) is 11.3. The molecule has 0 saturated carbocycles. The van der Waals surface area contributed by atoms with Gasteiger partial charge < -0.3 is 29.6 Å². The number of nitrogens with zero attached hydrogens (tertiary/aromatic N) is 2. The summed E-state index contributed by atoms with van der Waals surface area (Å²) in [5, 5.41) is 28.7. The van der Waals surface area contributed by atoms with Gasteiger partial charge in [0, 0.05) is 47.1 Å². The van der Waals surface area contributed by atoms with Crippen molar-refractivity contribution in [1.29, 1.82) is 0 Å². The van der Waals surface area contributed by atoms with Crippen molar-refractivity contribution in [3.63, 3.8) is 0 Å². The summed E-state index contributed by atoms with van der Waals surface area (Å²) in [6.45, 7) is 10.4. The minimum absolute atomic E-state index is 0.0663. The molecule has 56 heavy (non-hydrogen) atoms. The highest BCUT2D eigenvalue weighted by Crippen LogP contribution is 2.41. The van der Waals surface area contributed by atoms with Crippen LogP contribution >= 0.6 is 0 Å². The average Bonchev–Trinajstić information content (AvgIpc) is 3.15. The molecule has 0 aromatic heterocycles. The molecule has 0 saturated heterocycles. The van der Waals surface area contributed by atoms with Gasteiger partial charge in [0.05, 0.1) is 70.4 Å².